The van der Waals surface area contributed by atoms with E-state index in [9.17, 15) is 9.59 Å². The van der Waals surface area contributed by atoms with Crippen molar-refractivity contribution in [2.75, 3.05) is 14.2 Å². The minimum absolute atomic E-state index is 0.210. The van der Waals surface area contributed by atoms with Crippen molar-refractivity contribution in [2.24, 2.45) is 0 Å². The molecular weight excluding hydrogens is 422 g/mol. The monoisotopic (exact) mass is 447 g/mol. The molecule has 4 rings (SSSR count). The number of hydrogen-bond acceptors (Lipinski definition) is 6. The Morgan fingerprint density at radius 1 is 1.03 bits per heavy atom. The molecule has 0 unspecified atom stereocenters. The number of para-hydroxylation sites is 1. The quantitative estimate of drug-likeness (QED) is 0.467. The first-order chi connectivity index (χ1) is 15.9. The number of hydrogen-bond donors (Lipinski definition) is 1. The number of carbonyl (C=O) groups is 1. The highest BCUT2D eigenvalue weighted by molar-refractivity contribution is 5.83. The van der Waals surface area contributed by atoms with Gasteiger partial charge >= 0.3 is 0 Å². The summed E-state index contributed by atoms with van der Waals surface area (Å²) in [4.78, 5) is 25.8. The number of carbonyl (C=O) groups excluding carboxylic acids is 1. The zero-order chi connectivity index (χ0) is 23.5. The van der Waals surface area contributed by atoms with Gasteiger partial charge in [-0.1, -0.05) is 18.2 Å². The lowest BCUT2D eigenvalue weighted by Crippen LogP contribution is -2.34. The van der Waals surface area contributed by atoms with Gasteiger partial charge < -0.3 is 14.8 Å². The van der Waals surface area contributed by atoms with Crippen molar-refractivity contribution in [3.8, 4) is 17.2 Å². The SMILES string of the molecule is COc1ccc(OC)c(CNC(=O)Cn2nc(C)c3nn(-c4ccccc4)c(C)c3c2=O)c1. The van der Waals surface area contributed by atoms with Crippen molar-refractivity contribution in [3.05, 3.63) is 75.8 Å². The molecular formula is C24H25N5O4. The Balaban J connectivity index is 1.59. The lowest BCUT2D eigenvalue weighted by Gasteiger charge is -2.12. The molecule has 0 atom stereocenters. The van der Waals surface area contributed by atoms with Crippen molar-refractivity contribution < 1.29 is 14.3 Å². The van der Waals surface area contributed by atoms with Crippen LogP contribution in [0.4, 0.5) is 0 Å². The third kappa shape index (κ3) is 4.30. The van der Waals surface area contributed by atoms with Crippen LogP contribution in [0.3, 0.4) is 0 Å². The van der Waals surface area contributed by atoms with E-state index in [1.165, 1.54) is 4.68 Å². The fourth-order valence-electron chi connectivity index (χ4n) is 3.75. The van der Waals surface area contributed by atoms with Gasteiger partial charge in [0, 0.05) is 12.1 Å². The predicted molar refractivity (Wildman–Crippen MR) is 124 cm³/mol. The van der Waals surface area contributed by atoms with Crippen molar-refractivity contribution in [3.63, 3.8) is 0 Å². The molecule has 0 saturated heterocycles. The first-order valence-electron chi connectivity index (χ1n) is 10.4. The zero-order valence-electron chi connectivity index (χ0n) is 19.0. The maximum absolute atomic E-state index is 13.2. The molecule has 1 N–H and O–H groups in total. The van der Waals surface area contributed by atoms with E-state index in [0.29, 0.717) is 33.8 Å². The lowest BCUT2D eigenvalue weighted by atomic mass is 10.2. The summed E-state index contributed by atoms with van der Waals surface area (Å²) >= 11 is 0. The molecule has 2 aromatic heterocycles. The summed E-state index contributed by atoms with van der Waals surface area (Å²) in [6.07, 6.45) is 0. The Kier molecular flexibility index (Phi) is 6.12. The topological polar surface area (TPSA) is 100 Å². The standard InChI is InChI=1S/C24H25N5O4/c1-15-23-22(16(2)29(27-23)18-8-6-5-7-9-18)24(31)28(26-15)14-21(30)25-13-17-12-19(32-3)10-11-20(17)33-4/h5-12H,13-14H2,1-4H3,(H,25,30). The number of methoxy groups -OCH3 is 2. The normalized spacial score (nSPS) is 10.9. The fourth-order valence-corrected chi connectivity index (χ4v) is 3.75. The van der Waals surface area contributed by atoms with Gasteiger partial charge in [0.1, 0.15) is 23.6 Å². The van der Waals surface area contributed by atoms with Crippen molar-refractivity contribution in [2.45, 2.75) is 26.9 Å². The molecule has 0 aliphatic carbocycles. The summed E-state index contributed by atoms with van der Waals surface area (Å²) in [6, 6.07) is 14.9. The van der Waals surface area contributed by atoms with E-state index in [2.05, 4.69) is 15.5 Å². The Morgan fingerprint density at radius 2 is 1.79 bits per heavy atom. The Hall–Kier alpha value is -4.14. The maximum Gasteiger partial charge on any atom is 0.278 e. The smallest absolute Gasteiger partial charge is 0.278 e. The average Bonchev–Trinajstić information content (AvgIpc) is 3.19. The van der Waals surface area contributed by atoms with E-state index in [4.69, 9.17) is 9.47 Å². The molecule has 0 radical (unpaired) electrons. The number of nitrogens with one attached hydrogen (secondary N) is 1. The summed E-state index contributed by atoms with van der Waals surface area (Å²) in [5.41, 5.74) is 3.05. The molecule has 0 fully saturated rings. The van der Waals surface area contributed by atoms with Crippen LogP contribution in [0.2, 0.25) is 0 Å². The number of benzene rings is 2. The third-order valence-electron chi connectivity index (χ3n) is 5.44. The number of rotatable bonds is 7. The number of ether oxygens (including phenoxy) is 2. The van der Waals surface area contributed by atoms with Crippen LogP contribution in [-0.2, 0) is 17.9 Å². The van der Waals surface area contributed by atoms with Crippen LogP contribution < -0.4 is 20.3 Å². The number of fused-ring (bicyclic) bond motifs is 1. The van der Waals surface area contributed by atoms with Gasteiger partial charge in [-0.15, -0.1) is 0 Å². The molecule has 1 amide bonds. The van der Waals surface area contributed by atoms with Gasteiger partial charge in [0.15, 0.2) is 0 Å². The number of amides is 1. The molecule has 9 nitrogen and oxygen atoms in total. The van der Waals surface area contributed by atoms with Gasteiger partial charge in [0.25, 0.3) is 5.56 Å². The maximum atomic E-state index is 13.2. The van der Waals surface area contributed by atoms with E-state index in [1.54, 1.807) is 44.0 Å². The Bertz CT molecular complexity index is 1380. The fraction of sp³-hybridized carbons (Fsp3) is 0.250. The van der Waals surface area contributed by atoms with Crippen molar-refractivity contribution >= 4 is 16.8 Å². The number of aromatic nitrogens is 4. The van der Waals surface area contributed by atoms with Crippen LogP contribution in [-0.4, -0.2) is 39.7 Å². The first-order valence-corrected chi connectivity index (χ1v) is 10.4. The number of aryl methyl sites for hydroxylation is 2. The van der Waals surface area contributed by atoms with E-state index < -0.39 is 0 Å². The summed E-state index contributed by atoms with van der Waals surface area (Å²) < 4.78 is 13.5. The van der Waals surface area contributed by atoms with Crippen LogP contribution in [0.15, 0.2) is 53.3 Å². The molecule has 4 aromatic rings. The molecule has 0 aliphatic rings. The second-order valence-corrected chi connectivity index (χ2v) is 7.56. The largest absolute Gasteiger partial charge is 0.497 e. The summed E-state index contributed by atoms with van der Waals surface area (Å²) in [7, 11) is 3.13. The third-order valence-corrected chi connectivity index (χ3v) is 5.44. The van der Waals surface area contributed by atoms with Gasteiger partial charge in [-0.05, 0) is 44.2 Å². The molecule has 0 bridgehead atoms. The van der Waals surface area contributed by atoms with E-state index >= 15 is 0 Å². The highest BCUT2D eigenvalue weighted by Gasteiger charge is 2.19. The highest BCUT2D eigenvalue weighted by atomic mass is 16.5. The van der Waals surface area contributed by atoms with Crippen molar-refractivity contribution in [1.29, 1.82) is 0 Å². The molecule has 33 heavy (non-hydrogen) atoms. The highest BCUT2D eigenvalue weighted by Crippen LogP contribution is 2.24. The molecule has 2 aromatic carbocycles. The van der Waals surface area contributed by atoms with E-state index in [0.717, 1.165) is 11.3 Å². The van der Waals surface area contributed by atoms with Crippen LogP contribution in [0.1, 0.15) is 17.0 Å². The second kappa shape index (κ2) is 9.15. The van der Waals surface area contributed by atoms with Crippen LogP contribution >= 0.6 is 0 Å². The number of nitrogens with zero attached hydrogens (tertiary/aromatic N) is 4. The molecule has 0 aliphatic heterocycles. The zero-order valence-corrected chi connectivity index (χ0v) is 19.0. The van der Waals surface area contributed by atoms with Gasteiger partial charge in [0.05, 0.1) is 36.7 Å². The first kappa shape index (κ1) is 22.1. The van der Waals surface area contributed by atoms with E-state index in [-0.39, 0.29) is 24.6 Å². The lowest BCUT2D eigenvalue weighted by molar-refractivity contribution is -0.122. The summed E-state index contributed by atoms with van der Waals surface area (Å²) in [5, 5.41) is 12.2. The summed E-state index contributed by atoms with van der Waals surface area (Å²) in [5.74, 6) is 0.943. The van der Waals surface area contributed by atoms with Crippen molar-refractivity contribution in [1.82, 2.24) is 24.9 Å². The van der Waals surface area contributed by atoms with Gasteiger partial charge in [-0.3, -0.25) is 9.59 Å². The van der Waals surface area contributed by atoms with Crippen LogP contribution in [0.5, 0.6) is 11.5 Å². The minimum Gasteiger partial charge on any atom is -0.497 e. The minimum atomic E-state index is -0.357. The van der Waals surface area contributed by atoms with E-state index in [1.807, 2.05) is 37.3 Å². The van der Waals surface area contributed by atoms with Crippen LogP contribution in [0.25, 0.3) is 16.6 Å². The van der Waals surface area contributed by atoms with Crippen LogP contribution in [0, 0.1) is 13.8 Å². The molecule has 0 saturated carbocycles. The predicted octanol–water partition coefficient (Wildman–Crippen LogP) is 2.53. The Morgan fingerprint density at radius 3 is 2.48 bits per heavy atom. The molecule has 9 heteroatoms. The molecule has 0 spiro atoms. The second-order valence-electron chi connectivity index (χ2n) is 7.56. The van der Waals surface area contributed by atoms with Gasteiger partial charge in [-0.2, -0.15) is 10.2 Å². The van der Waals surface area contributed by atoms with Gasteiger partial charge in [-0.25, -0.2) is 9.36 Å². The average molecular weight is 447 g/mol. The Labute approximate surface area is 190 Å². The summed E-state index contributed by atoms with van der Waals surface area (Å²) in [6.45, 7) is 3.62. The molecule has 2 heterocycles. The molecule has 170 valence electrons. The van der Waals surface area contributed by atoms with Gasteiger partial charge in [0.2, 0.25) is 5.91 Å².